The van der Waals surface area contributed by atoms with Crippen LogP contribution in [0.5, 0.6) is 5.75 Å². The molecule has 1 aliphatic heterocycles. The molecule has 2 aromatic rings. The Hall–Kier alpha value is -2.80. The number of carbonyl (C=O) groups excluding carboxylic acids is 2. The highest BCUT2D eigenvalue weighted by Crippen LogP contribution is 2.36. The first-order valence-corrected chi connectivity index (χ1v) is 7.61. The Balaban J connectivity index is 1.57. The highest BCUT2D eigenvalue weighted by atomic mass is 16.5. The Bertz CT molecular complexity index is 728. The van der Waals surface area contributed by atoms with Gasteiger partial charge in [0.1, 0.15) is 17.1 Å². The van der Waals surface area contributed by atoms with Crippen LogP contribution in [0.4, 0.5) is 0 Å². The summed E-state index contributed by atoms with van der Waals surface area (Å²) in [5.41, 5.74) is -0.654. The predicted molar refractivity (Wildman–Crippen MR) is 84.0 cm³/mol. The number of furan rings is 1. The van der Waals surface area contributed by atoms with Crippen molar-refractivity contribution in [2.75, 3.05) is 13.2 Å². The summed E-state index contributed by atoms with van der Waals surface area (Å²) in [6.07, 6.45) is 1.82. The van der Waals surface area contributed by atoms with Gasteiger partial charge in [0.25, 0.3) is 0 Å². The van der Waals surface area contributed by atoms with E-state index in [1.165, 1.54) is 6.26 Å². The molecule has 2 heterocycles. The number of nitrogens with one attached hydrogen (secondary N) is 2. The number of para-hydroxylation sites is 1. The number of rotatable bonds is 4. The van der Waals surface area contributed by atoms with E-state index in [1.54, 1.807) is 30.3 Å². The zero-order chi connectivity index (χ0) is 17.0. The second-order valence-electron chi connectivity index (χ2n) is 5.57. The first-order valence-electron chi connectivity index (χ1n) is 7.61. The topological polar surface area (TPSA) is 101 Å². The Kier molecular flexibility index (Phi) is 4.52. The molecular formula is C17H18N2O5. The van der Waals surface area contributed by atoms with Crippen LogP contribution in [0, 0.1) is 0 Å². The van der Waals surface area contributed by atoms with Crippen molar-refractivity contribution in [1.29, 1.82) is 0 Å². The minimum Gasteiger partial charge on any atom is -0.493 e. The van der Waals surface area contributed by atoms with Gasteiger partial charge in [-0.25, -0.2) is 0 Å². The van der Waals surface area contributed by atoms with Crippen LogP contribution in [-0.2, 0) is 21.7 Å². The van der Waals surface area contributed by atoms with Gasteiger partial charge in [0.05, 0.1) is 26.0 Å². The largest absolute Gasteiger partial charge is 0.493 e. The van der Waals surface area contributed by atoms with Crippen LogP contribution in [0.3, 0.4) is 0 Å². The van der Waals surface area contributed by atoms with Crippen molar-refractivity contribution < 1.29 is 23.8 Å². The minimum atomic E-state index is -1.26. The summed E-state index contributed by atoms with van der Waals surface area (Å²) in [5, 5.41) is 15.7. The number of fused-ring (bicyclic) bond motifs is 1. The van der Waals surface area contributed by atoms with Crippen LogP contribution >= 0.6 is 0 Å². The fourth-order valence-corrected chi connectivity index (χ4v) is 2.59. The second-order valence-corrected chi connectivity index (χ2v) is 5.57. The van der Waals surface area contributed by atoms with Crippen LogP contribution in [0.25, 0.3) is 0 Å². The van der Waals surface area contributed by atoms with Crippen molar-refractivity contribution in [3.05, 3.63) is 54.0 Å². The van der Waals surface area contributed by atoms with Crippen molar-refractivity contribution in [3.8, 4) is 5.75 Å². The summed E-state index contributed by atoms with van der Waals surface area (Å²) in [6.45, 7) is 0.397. The van der Waals surface area contributed by atoms with E-state index in [9.17, 15) is 14.7 Å². The van der Waals surface area contributed by atoms with Gasteiger partial charge in [0.2, 0.25) is 0 Å². The summed E-state index contributed by atoms with van der Waals surface area (Å²) < 4.78 is 10.6. The molecule has 1 unspecified atom stereocenters. The lowest BCUT2D eigenvalue weighted by Crippen LogP contribution is -2.47. The number of hydrogen-bond donors (Lipinski definition) is 3. The van der Waals surface area contributed by atoms with E-state index in [0.717, 1.165) is 0 Å². The quantitative estimate of drug-likeness (QED) is 0.716. The van der Waals surface area contributed by atoms with Crippen LogP contribution in [0.15, 0.2) is 47.1 Å². The highest BCUT2D eigenvalue weighted by Gasteiger charge is 2.36. The van der Waals surface area contributed by atoms with Gasteiger partial charge in [-0.2, -0.15) is 0 Å². The maximum absolute atomic E-state index is 11.9. The average molecular weight is 330 g/mol. The molecule has 0 spiro atoms. The minimum absolute atomic E-state index is 0.0691. The third-order valence-corrected chi connectivity index (χ3v) is 3.91. The van der Waals surface area contributed by atoms with Gasteiger partial charge in [-0.15, -0.1) is 0 Å². The third kappa shape index (κ3) is 3.41. The van der Waals surface area contributed by atoms with E-state index in [2.05, 4.69) is 10.6 Å². The molecule has 1 aromatic heterocycles. The highest BCUT2D eigenvalue weighted by molar-refractivity contribution is 6.35. The number of benzene rings is 1. The second kappa shape index (κ2) is 6.76. The lowest BCUT2D eigenvalue weighted by molar-refractivity contribution is -0.140. The Morgan fingerprint density at radius 3 is 2.71 bits per heavy atom. The molecule has 126 valence electrons. The monoisotopic (exact) mass is 330 g/mol. The van der Waals surface area contributed by atoms with E-state index in [-0.39, 0.29) is 13.1 Å². The molecule has 24 heavy (non-hydrogen) atoms. The molecule has 0 radical (unpaired) electrons. The van der Waals surface area contributed by atoms with Gasteiger partial charge < -0.3 is 24.9 Å². The first-order chi connectivity index (χ1) is 11.6. The lowest BCUT2D eigenvalue weighted by Gasteiger charge is -2.34. The summed E-state index contributed by atoms with van der Waals surface area (Å²) in [4.78, 5) is 23.7. The molecule has 7 heteroatoms. The Morgan fingerprint density at radius 2 is 1.92 bits per heavy atom. The SMILES string of the molecule is O=C(NCc1ccco1)C(=O)NCC1(O)CCOc2ccccc21. The van der Waals surface area contributed by atoms with Crippen molar-refractivity contribution in [3.63, 3.8) is 0 Å². The average Bonchev–Trinajstić information content (AvgIpc) is 3.11. The molecule has 3 N–H and O–H groups in total. The first kappa shape index (κ1) is 16.1. The molecule has 0 fully saturated rings. The fraction of sp³-hybridized carbons (Fsp3) is 0.294. The van der Waals surface area contributed by atoms with Gasteiger partial charge in [-0.1, -0.05) is 18.2 Å². The van der Waals surface area contributed by atoms with Gasteiger partial charge in [-0.05, 0) is 18.2 Å². The lowest BCUT2D eigenvalue weighted by atomic mass is 9.88. The Morgan fingerprint density at radius 1 is 1.12 bits per heavy atom. The maximum Gasteiger partial charge on any atom is 0.309 e. The molecule has 2 amide bonds. The van der Waals surface area contributed by atoms with E-state index in [4.69, 9.17) is 9.15 Å². The number of hydrogen-bond acceptors (Lipinski definition) is 5. The summed E-state index contributed by atoms with van der Waals surface area (Å²) in [7, 11) is 0. The van der Waals surface area contributed by atoms with Gasteiger partial charge in [0, 0.05) is 12.0 Å². The van der Waals surface area contributed by atoms with Gasteiger partial charge in [0.15, 0.2) is 0 Å². The van der Waals surface area contributed by atoms with Crippen LogP contribution < -0.4 is 15.4 Å². The van der Waals surface area contributed by atoms with E-state index >= 15 is 0 Å². The van der Waals surface area contributed by atoms with Crippen molar-refractivity contribution in [1.82, 2.24) is 10.6 Å². The number of aliphatic hydroxyl groups is 1. The normalized spacial score (nSPS) is 19.0. The maximum atomic E-state index is 11.9. The Labute approximate surface area is 138 Å². The molecule has 7 nitrogen and oxygen atoms in total. The molecule has 0 aliphatic carbocycles. The summed E-state index contributed by atoms with van der Waals surface area (Å²) in [5.74, 6) is -0.454. The molecule has 0 bridgehead atoms. The van der Waals surface area contributed by atoms with Crippen molar-refractivity contribution in [2.24, 2.45) is 0 Å². The zero-order valence-electron chi connectivity index (χ0n) is 13.0. The standard InChI is InChI=1S/C17H18N2O5/c20-15(18-10-12-4-3-8-23-12)16(21)19-11-17(22)7-9-24-14-6-2-1-5-13(14)17/h1-6,8,22H,7,9-11H2,(H,18,20)(H,19,21). The number of carbonyl (C=O) groups is 2. The van der Waals surface area contributed by atoms with Crippen LogP contribution in [0.2, 0.25) is 0 Å². The summed E-state index contributed by atoms with van der Waals surface area (Å²) >= 11 is 0. The smallest absolute Gasteiger partial charge is 0.309 e. The molecule has 1 aliphatic rings. The number of amides is 2. The van der Waals surface area contributed by atoms with Gasteiger partial charge >= 0.3 is 11.8 Å². The van der Waals surface area contributed by atoms with Crippen molar-refractivity contribution >= 4 is 11.8 Å². The zero-order valence-corrected chi connectivity index (χ0v) is 13.0. The van der Waals surface area contributed by atoms with E-state index in [1.807, 2.05) is 6.07 Å². The van der Waals surface area contributed by atoms with Crippen LogP contribution in [-0.4, -0.2) is 30.1 Å². The van der Waals surface area contributed by atoms with Crippen molar-refractivity contribution in [2.45, 2.75) is 18.6 Å². The molecule has 1 aromatic carbocycles. The molecule has 1 atom stereocenters. The number of ether oxygens (including phenoxy) is 1. The molecular weight excluding hydrogens is 312 g/mol. The van der Waals surface area contributed by atoms with Gasteiger partial charge in [-0.3, -0.25) is 9.59 Å². The predicted octanol–water partition coefficient (Wildman–Crippen LogP) is 0.682. The van der Waals surface area contributed by atoms with Crippen LogP contribution in [0.1, 0.15) is 17.7 Å². The van der Waals surface area contributed by atoms with E-state index < -0.39 is 17.4 Å². The summed E-state index contributed by atoms with van der Waals surface area (Å²) in [6, 6.07) is 10.5. The third-order valence-electron chi connectivity index (χ3n) is 3.91. The van der Waals surface area contributed by atoms with E-state index in [0.29, 0.717) is 30.1 Å². The molecule has 3 rings (SSSR count). The molecule has 0 saturated heterocycles. The molecule has 0 saturated carbocycles. The fourth-order valence-electron chi connectivity index (χ4n) is 2.59.